The molecule has 3 aliphatic rings. The van der Waals surface area contributed by atoms with Crippen LogP contribution in [0.25, 0.3) is 0 Å². The summed E-state index contributed by atoms with van der Waals surface area (Å²) >= 11 is 0. The van der Waals surface area contributed by atoms with Gasteiger partial charge in [0.1, 0.15) is 0 Å². The summed E-state index contributed by atoms with van der Waals surface area (Å²) in [6, 6.07) is 0.296. The predicted octanol–water partition coefficient (Wildman–Crippen LogP) is 1.61. The van der Waals surface area contributed by atoms with Gasteiger partial charge in [0, 0.05) is 19.0 Å². The Kier molecular flexibility index (Phi) is 4.27. The molecule has 0 bridgehead atoms. The van der Waals surface area contributed by atoms with E-state index in [4.69, 9.17) is 0 Å². The monoisotopic (exact) mass is 292 g/mol. The average Bonchev–Trinajstić information content (AvgIpc) is 3.07. The summed E-state index contributed by atoms with van der Waals surface area (Å²) in [4.78, 5) is 37.8. The Labute approximate surface area is 125 Å². The molecule has 0 spiro atoms. The van der Waals surface area contributed by atoms with Gasteiger partial charge in [-0.05, 0) is 25.7 Å². The van der Waals surface area contributed by atoms with Crippen LogP contribution in [0.3, 0.4) is 0 Å². The number of carbonyl (C=O) groups excluding carboxylic acids is 3. The van der Waals surface area contributed by atoms with Gasteiger partial charge in [-0.15, -0.1) is 0 Å². The van der Waals surface area contributed by atoms with E-state index in [-0.39, 0.29) is 42.5 Å². The first-order valence-corrected chi connectivity index (χ1v) is 8.31. The molecule has 5 nitrogen and oxygen atoms in total. The molecule has 0 aromatic rings. The number of likely N-dealkylation sites (tertiary alicyclic amines) is 1. The number of nitrogens with zero attached hydrogens (tertiary/aromatic N) is 1. The SMILES string of the molecule is O=C(CCN1C(=O)[C@H]2CCCC[C@H]2C1=O)NC1CCCC1. The Balaban J connectivity index is 1.51. The summed E-state index contributed by atoms with van der Waals surface area (Å²) < 4.78 is 0. The number of imide groups is 1. The summed E-state index contributed by atoms with van der Waals surface area (Å²) in [5.41, 5.74) is 0. The van der Waals surface area contributed by atoms with Gasteiger partial charge in [0.15, 0.2) is 0 Å². The number of hydrogen-bond donors (Lipinski definition) is 1. The largest absolute Gasteiger partial charge is 0.353 e. The molecule has 2 saturated carbocycles. The maximum Gasteiger partial charge on any atom is 0.233 e. The summed E-state index contributed by atoms with van der Waals surface area (Å²) in [5, 5.41) is 3.01. The molecule has 0 radical (unpaired) electrons. The van der Waals surface area contributed by atoms with Crippen LogP contribution < -0.4 is 5.32 Å². The third kappa shape index (κ3) is 2.97. The molecule has 21 heavy (non-hydrogen) atoms. The van der Waals surface area contributed by atoms with Gasteiger partial charge >= 0.3 is 0 Å². The van der Waals surface area contributed by atoms with Gasteiger partial charge in [-0.25, -0.2) is 0 Å². The van der Waals surface area contributed by atoms with Crippen LogP contribution in [-0.2, 0) is 14.4 Å². The quantitative estimate of drug-likeness (QED) is 0.801. The van der Waals surface area contributed by atoms with Gasteiger partial charge in [-0.3, -0.25) is 19.3 Å². The lowest BCUT2D eigenvalue weighted by atomic mass is 9.81. The van der Waals surface area contributed by atoms with Crippen molar-refractivity contribution >= 4 is 17.7 Å². The Morgan fingerprint density at radius 3 is 2.05 bits per heavy atom. The van der Waals surface area contributed by atoms with Crippen LogP contribution >= 0.6 is 0 Å². The van der Waals surface area contributed by atoms with Crippen LogP contribution in [0.5, 0.6) is 0 Å². The van der Waals surface area contributed by atoms with Crippen molar-refractivity contribution in [2.45, 2.75) is 63.8 Å². The van der Waals surface area contributed by atoms with Gasteiger partial charge < -0.3 is 5.32 Å². The number of hydrogen-bond acceptors (Lipinski definition) is 3. The molecule has 116 valence electrons. The lowest BCUT2D eigenvalue weighted by molar-refractivity contribution is -0.140. The highest BCUT2D eigenvalue weighted by atomic mass is 16.2. The Morgan fingerprint density at radius 2 is 1.48 bits per heavy atom. The van der Waals surface area contributed by atoms with E-state index < -0.39 is 0 Å². The van der Waals surface area contributed by atoms with Crippen molar-refractivity contribution in [2.24, 2.45) is 11.8 Å². The molecule has 0 aromatic heterocycles. The number of nitrogens with one attached hydrogen (secondary N) is 1. The smallest absolute Gasteiger partial charge is 0.233 e. The highest BCUT2D eigenvalue weighted by Crippen LogP contribution is 2.37. The number of amides is 3. The maximum atomic E-state index is 12.3. The molecule has 2 atom stereocenters. The predicted molar refractivity (Wildman–Crippen MR) is 77.2 cm³/mol. The van der Waals surface area contributed by atoms with Crippen molar-refractivity contribution in [3.8, 4) is 0 Å². The first-order chi connectivity index (χ1) is 10.2. The van der Waals surface area contributed by atoms with E-state index in [1.54, 1.807) is 0 Å². The van der Waals surface area contributed by atoms with E-state index in [0.717, 1.165) is 38.5 Å². The zero-order valence-corrected chi connectivity index (χ0v) is 12.5. The molecular weight excluding hydrogens is 268 g/mol. The van der Waals surface area contributed by atoms with Crippen LogP contribution in [0, 0.1) is 11.8 Å². The first kappa shape index (κ1) is 14.5. The van der Waals surface area contributed by atoms with Gasteiger partial charge in [-0.2, -0.15) is 0 Å². The molecule has 3 fully saturated rings. The topological polar surface area (TPSA) is 66.5 Å². The molecule has 5 heteroatoms. The molecule has 0 aromatic carbocycles. The standard InChI is InChI=1S/C16H24N2O3/c19-14(17-11-5-1-2-6-11)9-10-18-15(20)12-7-3-4-8-13(12)16(18)21/h11-13H,1-10H2,(H,17,19)/t12-,13+. The highest BCUT2D eigenvalue weighted by molar-refractivity contribution is 6.05. The third-order valence-corrected chi connectivity index (χ3v) is 5.22. The van der Waals surface area contributed by atoms with Gasteiger partial charge in [0.05, 0.1) is 11.8 Å². The Morgan fingerprint density at radius 1 is 0.952 bits per heavy atom. The van der Waals surface area contributed by atoms with Gasteiger partial charge in [0.2, 0.25) is 17.7 Å². The van der Waals surface area contributed by atoms with Crippen LogP contribution in [-0.4, -0.2) is 35.2 Å². The molecule has 1 heterocycles. The summed E-state index contributed by atoms with van der Waals surface area (Å²) in [5.74, 6) is -0.331. The highest BCUT2D eigenvalue weighted by Gasteiger charge is 2.47. The summed E-state index contributed by atoms with van der Waals surface area (Å²) in [6.45, 7) is 0.253. The average molecular weight is 292 g/mol. The molecule has 1 saturated heterocycles. The zero-order valence-electron chi connectivity index (χ0n) is 12.5. The normalized spacial score (nSPS) is 29.8. The molecule has 1 aliphatic heterocycles. The molecule has 1 N–H and O–H groups in total. The Bertz CT molecular complexity index is 419. The minimum Gasteiger partial charge on any atom is -0.353 e. The minimum atomic E-state index is -0.107. The van der Waals surface area contributed by atoms with Crippen molar-refractivity contribution in [2.75, 3.05) is 6.54 Å². The third-order valence-electron chi connectivity index (χ3n) is 5.22. The second-order valence-electron chi connectivity index (χ2n) is 6.62. The second kappa shape index (κ2) is 6.16. The van der Waals surface area contributed by atoms with Gasteiger partial charge in [0.25, 0.3) is 0 Å². The van der Waals surface area contributed by atoms with Crippen molar-refractivity contribution < 1.29 is 14.4 Å². The number of carbonyl (C=O) groups is 3. The van der Waals surface area contributed by atoms with E-state index in [0.29, 0.717) is 6.04 Å². The lowest BCUT2D eigenvalue weighted by Gasteiger charge is -2.19. The first-order valence-electron chi connectivity index (χ1n) is 8.31. The van der Waals surface area contributed by atoms with Gasteiger partial charge in [-0.1, -0.05) is 25.7 Å². The van der Waals surface area contributed by atoms with E-state index >= 15 is 0 Å². The van der Waals surface area contributed by atoms with E-state index in [9.17, 15) is 14.4 Å². The lowest BCUT2D eigenvalue weighted by Crippen LogP contribution is -2.38. The summed E-state index contributed by atoms with van der Waals surface area (Å²) in [6.07, 6.45) is 8.45. The van der Waals surface area contributed by atoms with Crippen LogP contribution in [0.1, 0.15) is 57.8 Å². The van der Waals surface area contributed by atoms with Crippen molar-refractivity contribution in [3.63, 3.8) is 0 Å². The van der Waals surface area contributed by atoms with Crippen LogP contribution in [0.15, 0.2) is 0 Å². The minimum absolute atomic E-state index is 0.0302. The fraction of sp³-hybridized carbons (Fsp3) is 0.812. The second-order valence-corrected chi connectivity index (χ2v) is 6.62. The van der Waals surface area contributed by atoms with Crippen LogP contribution in [0.4, 0.5) is 0 Å². The molecule has 3 rings (SSSR count). The fourth-order valence-electron chi connectivity index (χ4n) is 4.03. The molecule has 3 amide bonds. The molecule has 0 unspecified atom stereocenters. The van der Waals surface area contributed by atoms with Crippen LogP contribution in [0.2, 0.25) is 0 Å². The van der Waals surface area contributed by atoms with E-state index in [1.807, 2.05) is 0 Å². The fourth-order valence-corrected chi connectivity index (χ4v) is 4.03. The van der Waals surface area contributed by atoms with E-state index in [2.05, 4.69) is 5.32 Å². The number of fused-ring (bicyclic) bond motifs is 1. The number of rotatable bonds is 4. The molecular formula is C16H24N2O3. The Hall–Kier alpha value is -1.39. The zero-order chi connectivity index (χ0) is 14.8. The summed E-state index contributed by atoms with van der Waals surface area (Å²) in [7, 11) is 0. The van der Waals surface area contributed by atoms with Crippen molar-refractivity contribution in [1.82, 2.24) is 10.2 Å². The van der Waals surface area contributed by atoms with E-state index in [1.165, 1.54) is 17.7 Å². The van der Waals surface area contributed by atoms with Crippen molar-refractivity contribution in [3.05, 3.63) is 0 Å². The molecule has 2 aliphatic carbocycles. The van der Waals surface area contributed by atoms with Crippen molar-refractivity contribution in [1.29, 1.82) is 0 Å². The maximum absolute atomic E-state index is 12.3.